The van der Waals surface area contributed by atoms with Gasteiger partial charge in [-0.2, -0.15) is 0 Å². The van der Waals surface area contributed by atoms with E-state index in [9.17, 15) is 4.79 Å². The lowest BCUT2D eigenvalue weighted by Crippen LogP contribution is -2.48. The third kappa shape index (κ3) is 3.08. The van der Waals surface area contributed by atoms with Gasteiger partial charge in [0.1, 0.15) is 5.75 Å². The van der Waals surface area contributed by atoms with Crippen molar-refractivity contribution in [1.29, 1.82) is 0 Å². The summed E-state index contributed by atoms with van der Waals surface area (Å²) in [4.78, 5) is 20.5. The molecule has 2 aliphatic rings. The molecule has 3 heterocycles. The minimum atomic E-state index is 0.127. The van der Waals surface area contributed by atoms with E-state index in [1.807, 2.05) is 35.4 Å². The first-order valence-corrected chi connectivity index (χ1v) is 9.60. The molecule has 0 spiro atoms. The number of ether oxygens (including phenoxy) is 1. The van der Waals surface area contributed by atoms with E-state index in [-0.39, 0.29) is 5.91 Å². The first kappa shape index (κ1) is 16.4. The van der Waals surface area contributed by atoms with Crippen molar-refractivity contribution in [1.82, 2.24) is 14.8 Å². The molecule has 27 heavy (non-hydrogen) atoms. The van der Waals surface area contributed by atoms with Crippen LogP contribution in [0, 0.1) is 0 Å². The summed E-state index contributed by atoms with van der Waals surface area (Å²) in [6, 6.07) is 14.5. The second kappa shape index (κ2) is 6.74. The number of rotatable bonds is 3. The average Bonchev–Trinajstić information content (AvgIpc) is 3.34. The molecule has 5 rings (SSSR count). The molecule has 0 unspecified atom stereocenters. The number of aromatic amines is 1. The Morgan fingerprint density at radius 1 is 1.07 bits per heavy atom. The summed E-state index contributed by atoms with van der Waals surface area (Å²) in [6.07, 6.45) is 2.85. The highest BCUT2D eigenvalue weighted by Crippen LogP contribution is 2.26. The van der Waals surface area contributed by atoms with Crippen molar-refractivity contribution >= 4 is 16.8 Å². The van der Waals surface area contributed by atoms with E-state index in [2.05, 4.69) is 28.1 Å². The highest BCUT2D eigenvalue weighted by Gasteiger charge is 2.24. The SMILES string of the molecule is O=C(c1c[nH]c2ccccc12)N1CCN(Cc2ccc3c(c2)CCO3)CC1. The molecule has 1 N–H and O–H groups in total. The molecule has 2 aromatic carbocycles. The molecule has 0 atom stereocenters. The largest absolute Gasteiger partial charge is 0.493 e. The topological polar surface area (TPSA) is 48.6 Å². The van der Waals surface area contributed by atoms with Gasteiger partial charge in [0.25, 0.3) is 5.91 Å². The smallest absolute Gasteiger partial charge is 0.256 e. The molecule has 0 bridgehead atoms. The number of hydrogen-bond donors (Lipinski definition) is 1. The highest BCUT2D eigenvalue weighted by atomic mass is 16.5. The molecule has 0 radical (unpaired) electrons. The number of carbonyl (C=O) groups is 1. The molecular weight excluding hydrogens is 338 g/mol. The Kier molecular flexibility index (Phi) is 4.09. The van der Waals surface area contributed by atoms with Crippen LogP contribution in [-0.2, 0) is 13.0 Å². The van der Waals surface area contributed by atoms with Gasteiger partial charge in [-0.15, -0.1) is 0 Å². The van der Waals surface area contributed by atoms with Gasteiger partial charge in [-0.05, 0) is 23.3 Å². The van der Waals surface area contributed by atoms with Gasteiger partial charge in [-0.3, -0.25) is 9.69 Å². The molecule has 0 aliphatic carbocycles. The minimum absolute atomic E-state index is 0.127. The fraction of sp³-hybridized carbons (Fsp3) is 0.318. The Morgan fingerprint density at radius 3 is 2.81 bits per heavy atom. The minimum Gasteiger partial charge on any atom is -0.493 e. The third-order valence-electron chi connectivity index (χ3n) is 5.64. The number of nitrogens with one attached hydrogen (secondary N) is 1. The summed E-state index contributed by atoms with van der Waals surface area (Å²) in [6.45, 7) is 5.08. The zero-order valence-corrected chi connectivity index (χ0v) is 15.3. The van der Waals surface area contributed by atoms with Crippen LogP contribution in [0.5, 0.6) is 5.75 Å². The van der Waals surface area contributed by atoms with Crippen molar-refractivity contribution in [3.8, 4) is 5.75 Å². The Hall–Kier alpha value is -2.79. The predicted molar refractivity (Wildman–Crippen MR) is 105 cm³/mol. The van der Waals surface area contributed by atoms with Gasteiger partial charge in [0.2, 0.25) is 0 Å². The lowest BCUT2D eigenvalue weighted by atomic mass is 10.1. The molecule has 138 valence electrons. The van der Waals surface area contributed by atoms with Crippen LogP contribution >= 0.6 is 0 Å². The number of hydrogen-bond acceptors (Lipinski definition) is 3. The van der Waals surface area contributed by atoms with Crippen LogP contribution in [0.2, 0.25) is 0 Å². The molecule has 5 heteroatoms. The summed E-state index contributed by atoms with van der Waals surface area (Å²) in [5, 5.41) is 1.00. The highest BCUT2D eigenvalue weighted by molar-refractivity contribution is 6.06. The van der Waals surface area contributed by atoms with Crippen molar-refractivity contribution in [3.05, 3.63) is 65.4 Å². The van der Waals surface area contributed by atoms with E-state index in [1.165, 1.54) is 11.1 Å². The van der Waals surface area contributed by atoms with Crippen LogP contribution in [0.25, 0.3) is 10.9 Å². The lowest BCUT2D eigenvalue weighted by molar-refractivity contribution is 0.0630. The van der Waals surface area contributed by atoms with Gasteiger partial charge in [-0.1, -0.05) is 30.3 Å². The fourth-order valence-corrected chi connectivity index (χ4v) is 4.12. The summed E-state index contributed by atoms with van der Waals surface area (Å²) >= 11 is 0. The van der Waals surface area contributed by atoms with Crippen molar-refractivity contribution in [2.24, 2.45) is 0 Å². The summed E-state index contributed by atoms with van der Waals surface area (Å²) < 4.78 is 5.59. The first-order valence-electron chi connectivity index (χ1n) is 9.60. The molecule has 3 aromatic rings. The Labute approximate surface area is 158 Å². The van der Waals surface area contributed by atoms with Crippen molar-refractivity contribution < 1.29 is 9.53 Å². The van der Waals surface area contributed by atoms with Crippen LogP contribution in [0.4, 0.5) is 0 Å². The normalized spacial score (nSPS) is 17.1. The molecule has 1 amide bonds. The van der Waals surface area contributed by atoms with E-state index >= 15 is 0 Å². The molecule has 2 aliphatic heterocycles. The molecule has 1 fully saturated rings. The van der Waals surface area contributed by atoms with Crippen LogP contribution in [0.15, 0.2) is 48.7 Å². The summed E-state index contributed by atoms with van der Waals surface area (Å²) in [7, 11) is 0. The van der Waals surface area contributed by atoms with E-state index in [0.717, 1.165) is 68.0 Å². The van der Waals surface area contributed by atoms with Crippen molar-refractivity contribution in [2.75, 3.05) is 32.8 Å². The van der Waals surface area contributed by atoms with Gasteiger partial charge in [0.05, 0.1) is 12.2 Å². The van der Waals surface area contributed by atoms with E-state index < -0.39 is 0 Å². The molecule has 1 saturated heterocycles. The van der Waals surface area contributed by atoms with Gasteiger partial charge in [0, 0.05) is 56.2 Å². The molecule has 0 saturated carbocycles. The van der Waals surface area contributed by atoms with E-state index in [1.54, 1.807) is 0 Å². The van der Waals surface area contributed by atoms with Gasteiger partial charge < -0.3 is 14.6 Å². The first-order chi connectivity index (χ1) is 13.3. The molecule has 1 aromatic heterocycles. The second-order valence-corrected chi connectivity index (χ2v) is 7.36. The monoisotopic (exact) mass is 361 g/mol. The maximum Gasteiger partial charge on any atom is 0.256 e. The number of aromatic nitrogens is 1. The number of fused-ring (bicyclic) bond motifs is 2. The number of amides is 1. The number of piperazine rings is 1. The fourth-order valence-electron chi connectivity index (χ4n) is 4.12. The zero-order valence-electron chi connectivity index (χ0n) is 15.3. The Balaban J connectivity index is 1.23. The third-order valence-corrected chi connectivity index (χ3v) is 5.64. The predicted octanol–water partition coefficient (Wildman–Crippen LogP) is 3.06. The maximum atomic E-state index is 12.9. The lowest BCUT2D eigenvalue weighted by Gasteiger charge is -2.34. The number of carbonyl (C=O) groups excluding carboxylic acids is 1. The maximum absolute atomic E-state index is 12.9. The molecule has 5 nitrogen and oxygen atoms in total. The average molecular weight is 361 g/mol. The van der Waals surface area contributed by atoms with Crippen molar-refractivity contribution in [3.63, 3.8) is 0 Å². The second-order valence-electron chi connectivity index (χ2n) is 7.36. The standard InChI is InChI=1S/C22H23N3O2/c26-22(19-14-23-20-4-2-1-3-18(19)20)25-10-8-24(9-11-25)15-16-5-6-21-17(13-16)7-12-27-21/h1-6,13-14,23H,7-12,15H2. The van der Waals surface area contributed by atoms with Crippen LogP contribution < -0.4 is 4.74 Å². The van der Waals surface area contributed by atoms with Crippen LogP contribution in [0.1, 0.15) is 21.5 Å². The Bertz CT molecular complexity index is 986. The van der Waals surface area contributed by atoms with Gasteiger partial charge in [-0.25, -0.2) is 0 Å². The van der Waals surface area contributed by atoms with Crippen LogP contribution in [0.3, 0.4) is 0 Å². The van der Waals surface area contributed by atoms with E-state index in [4.69, 9.17) is 4.74 Å². The number of H-pyrrole nitrogens is 1. The van der Waals surface area contributed by atoms with Crippen LogP contribution in [-0.4, -0.2) is 53.5 Å². The van der Waals surface area contributed by atoms with Crippen molar-refractivity contribution in [2.45, 2.75) is 13.0 Å². The quantitative estimate of drug-likeness (QED) is 0.780. The van der Waals surface area contributed by atoms with Gasteiger partial charge >= 0.3 is 0 Å². The summed E-state index contributed by atoms with van der Waals surface area (Å²) in [5.74, 6) is 1.16. The number of nitrogens with zero attached hydrogens (tertiary/aromatic N) is 2. The summed E-state index contributed by atoms with van der Waals surface area (Å²) in [5.41, 5.74) is 4.44. The zero-order chi connectivity index (χ0) is 18.2. The Morgan fingerprint density at radius 2 is 1.93 bits per heavy atom. The number of para-hydroxylation sites is 1. The molecular formula is C22H23N3O2. The number of benzene rings is 2. The van der Waals surface area contributed by atoms with E-state index in [0.29, 0.717) is 0 Å². The van der Waals surface area contributed by atoms with Gasteiger partial charge in [0.15, 0.2) is 0 Å².